The molecule has 1 aliphatic carbocycles. The van der Waals surface area contributed by atoms with Gasteiger partial charge in [-0.1, -0.05) is 24.6 Å². The average molecular weight is 576 g/mol. The van der Waals surface area contributed by atoms with Crippen molar-refractivity contribution >= 4 is 23.8 Å². The first-order chi connectivity index (χ1) is 20.0. The molecule has 222 valence electrons. The summed E-state index contributed by atoms with van der Waals surface area (Å²) in [6, 6.07) is 8.73. The van der Waals surface area contributed by atoms with E-state index in [4.69, 9.17) is 15.2 Å². The molecule has 1 aromatic heterocycles. The van der Waals surface area contributed by atoms with Crippen LogP contribution in [0.4, 0.5) is 10.5 Å². The maximum atomic E-state index is 12.7. The molecule has 0 aliphatic heterocycles. The lowest BCUT2D eigenvalue weighted by atomic mass is 9.73. The molecule has 0 spiro atoms. The Bertz CT molecular complexity index is 1440. The predicted octanol–water partition coefficient (Wildman–Crippen LogP) is 5.51. The Morgan fingerprint density at radius 3 is 2.55 bits per heavy atom. The van der Waals surface area contributed by atoms with Crippen LogP contribution in [0.2, 0.25) is 0 Å². The number of ether oxygens (including phenoxy) is 2. The summed E-state index contributed by atoms with van der Waals surface area (Å²) in [6.07, 6.45) is 4.72. The van der Waals surface area contributed by atoms with E-state index in [-0.39, 0.29) is 34.7 Å². The number of nitro groups is 1. The minimum atomic E-state index is -1.14. The summed E-state index contributed by atoms with van der Waals surface area (Å²) in [5.41, 5.74) is 8.85. The molecule has 1 aliphatic rings. The lowest BCUT2D eigenvalue weighted by Gasteiger charge is -2.34. The molecular weight excluding hydrogens is 538 g/mol. The van der Waals surface area contributed by atoms with Gasteiger partial charge in [-0.2, -0.15) is 5.26 Å². The molecule has 3 atom stereocenters. The van der Waals surface area contributed by atoms with Crippen molar-refractivity contribution in [3.05, 3.63) is 74.5 Å². The van der Waals surface area contributed by atoms with E-state index in [9.17, 15) is 25.0 Å². The third-order valence-corrected chi connectivity index (χ3v) is 7.42. The number of nitrogens with zero attached hydrogens (tertiary/aromatic N) is 4. The van der Waals surface area contributed by atoms with Gasteiger partial charge in [-0.25, -0.2) is 9.78 Å². The van der Waals surface area contributed by atoms with E-state index in [1.165, 1.54) is 28.7 Å². The molecular formula is C31H37N5O6. The largest absolute Gasteiger partial charge is 0.520 e. The highest BCUT2D eigenvalue weighted by atomic mass is 16.7. The quantitative estimate of drug-likeness (QED) is 0.0772. The minimum absolute atomic E-state index is 0.00715. The molecule has 1 saturated carbocycles. The Morgan fingerprint density at radius 1 is 1.21 bits per heavy atom. The van der Waals surface area contributed by atoms with Gasteiger partial charge in [0.15, 0.2) is 0 Å². The summed E-state index contributed by atoms with van der Waals surface area (Å²) in [4.78, 5) is 42.2. The normalized spacial score (nSPS) is 19.6. The van der Waals surface area contributed by atoms with Crippen molar-refractivity contribution in [3.8, 4) is 17.7 Å². The number of carbonyl (C=O) groups excluding carboxylic acids is 2. The van der Waals surface area contributed by atoms with Gasteiger partial charge >= 0.3 is 6.16 Å². The zero-order valence-electron chi connectivity index (χ0n) is 24.6. The van der Waals surface area contributed by atoms with Gasteiger partial charge in [0.1, 0.15) is 17.4 Å². The number of likely N-dealkylation sites (N-methyl/N-ethyl adjacent to an activating group) is 1. The summed E-state index contributed by atoms with van der Waals surface area (Å²) in [6.45, 7) is 10.5. The SMILES string of the molecule is CC=C1C(N)C[C@H](C)C[C@@H]1Cc1nc(OC(=O)Oc2cc(/C=C(\C#N)C(=O)N(CC)CC)cc([N+](=O)[O-])c2)ccc1C. The lowest BCUT2D eigenvalue weighted by Crippen LogP contribution is -2.35. The fourth-order valence-corrected chi connectivity index (χ4v) is 5.33. The first-order valence-corrected chi connectivity index (χ1v) is 14.0. The third kappa shape index (κ3) is 8.01. The molecule has 1 aromatic carbocycles. The van der Waals surface area contributed by atoms with Crippen molar-refractivity contribution in [3.63, 3.8) is 0 Å². The van der Waals surface area contributed by atoms with E-state index in [0.717, 1.165) is 30.2 Å². The van der Waals surface area contributed by atoms with Crippen molar-refractivity contribution in [1.29, 1.82) is 5.26 Å². The molecule has 0 radical (unpaired) electrons. The fourth-order valence-electron chi connectivity index (χ4n) is 5.33. The van der Waals surface area contributed by atoms with Crippen LogP contribution in [0, 0.1) is 40.2 Å². The van der Waals surface area contributed by atoms with Gasteiger partial charge in [-0.3, -0.25) is 14.9 Å². The number of carbonyl (C=O) groups is 2. The second-order valence-electron chi connectivity index (χ2n) is 10.4. The van der Waals surface area contributed by atoms with Gasteiger partial charge in [0.05, 0.1) is 11.0 Å². The molecule has 0 bridgehead atoms. The average Bonchev–Trinajstić information content (AvgIpc) is 2.93. The fraction of sp³-hybridized carbons (Fsp3) is 0.419. The number of aryl methyl sites for hydroxylation is 1. The first kappa shape index (κ1) is 32.0. The van der Waals surface area contributed by atoms with Crippen LogP contribution >= 0.6 is 0 Å². The Labute approximate surface area is 245 Å². The van der Waals surface area contributed by atoms with Crippen molar-refractivity contribution < 1.29 is 24.0 Å². The van der Waals surface area contributed by atoms with Crippen LogP contribution in [0.3, 0.4) is 0 Å². The molecule has 1 fully saturated rings. The van der Waals surface area contributed by atoms with E-state index >= 15 is 0 Å². The smallest absolute Gasteiger partial charge is 0.394 e. The van der Waals surface area contributed by atoms with E-state index in [1.807, 2.05) is 19.9 Å². The number of pyridine rings is 1. The number of allylic oxidation sites excluding steroid dienone is 1. The van der Waals surface area contributed by atoms with Crippen LogP contribution in [0.25, 0.3) is 6.08 Å². The van der Waals surface area contributed by atoms with Gasteiger partial charge in [0.25, 0.3) is 11.6 Å². The zero-order valence-corrected chi connectivity index (χ0v) is 24.6. The van der Waals surface area contributed by atoms with Crippen LogP contribution < -0.4 is 15.2 Å². The molecule has 2 aromatic rings. The Morgan fingerprint density at radius 2 is 1.93 bits per heavy atom. The summed E-state index contributed by atoms with van der Waals surface area (Å²) in [7, 11) is 0. The zero-order chi connectivity index (χ0) is 31.0. The number of non-ortho nitro benzene ring substituents is 1. The van der Waals surface area contributed by atoms with Gasteiger partial charge in [-0.15, -0.1) is 0 Å². The predicted molar refractivity (Wildman–Crippen MR) is 158 cm³/mol. The van der Waals surface area contributed by atoms with Crippen LogP contribution in [-0.2, 0) is 11.2 Å². The van der Waals surface area contributed by atoms with Crippen LogP contribution in [0.15, 0.2) is 47.6 Å². The number of hydrogen-bond donors (Lipinski definition) is 1. The number of nitrogens with two attached hydrogens (primary N) is 1. The van der Waals surface area contributed by atoms with E-state index in [2.05, 4.69) is 18.0 Å². The topological polar surface area (TPSA) is 162 Å². The maximum Gasteiger partial charge on any atom is 0.520 e. The molecule has 0 saturated heterocycles. The number of rotatable bonds is 9. The second-order valence-corrected chi connectivity index (χ2v) is 10.4. The standard InChI is InChI=1S/C31H37N5O6/c1-6-26-22(11-19(4)12-27(26)33)16-28-20(5)9-10-29(34-28)42-31(38)41-25-15-21(14-24(17-25)36(39)40)13-23(18-32)30(37)35(7-2)8-3/h6,9-10,13-15,17,19,22,27H,7-8,11-12,16,33H2,1-5H3/b23-13+,26-6?/t19-,22-,27?/m1/s1. The van der Waals surface area contributed by atoms with Gasteiger partial charge < -0.3 is 20.1 Å². The van der Waals surface area contributed by atoms with Crippen molar-refractivity contribution in [2.24, 2.45) is 17.6 Å². The molecule has 1 heterocycles. The molecule has 1 amide bonds. The monoisotopic (exact) mass is 575 g/mol. The van der Waals surface area contributed by atoms with Gasteiger partial charge in [-0.05, 0) is 82.1 Å². The highest BCUT2D eigenvalue weighted by Gasteiger charge is 2.29. The van der Waals surface area contributed by atoms with Crippen molar-refractivity contribution in [2.75, 3.05) is 13.1 Å². The molecule has 1 unspecified atom stereocenters. The van der Waals surface area contributed by atoms with Crippen LogP contribution in [0.5, 0.6) is 11.6 Å². The summed E-state index contributed by atoms with van der Waals surface area (Å²) in [5.74, 6) is 0.0348. The number of nitriles is 1. The number of benzene rings is 1. The lowest BCUT2D eigenvalue weighted by molar-refractivity contribution is -0.384. The summed E-state index contributed by atoms with van der Waals surface area (Å²) < 4.78 is 10.6. The van der Waals surface area contributed by atoms with Crippen LogP contribution in [0.1, 0.15) is 57.4 Å². The maximum absolute atomic E-state index is 12.7. The molecule has 3 rings (SSSR count). The minimum Gasteiger partial charge on any atom is -0.394 e. The number of amides is 1. The molecule has 11 heteroatoms. The van der Waals surface area contributed by atoms with Crippen molar-refractivity contribution in [1.82, 2.24) is 9.88 Å². The number of nitro benzene ring substituents is 1. The second kappa shape index (κ2) is 14.4. The van der Waals surface area contributed by atoms with E-state index in [0.29, 0.717) is 25.4 Å². The van der Waals surface area contributed by atoms with Gasteiger partial charge in [0.2, 0.25) is 5.88 Å². The van der Waals surface area contributed by atoms with Gasteiger partial charge in [0, 0.05) is 37.0 Å². The van der Waals surface area contributed by atoms with E-state index < -0.39 is 22.7 Å². The summed E-state index contributed by atoms with van der Waals surface area (Å²) >= 11 is 0. The number of aromatic nitrogens is 1. The molecule has 42 heavy (non-hydrogen) atoms. The van der Waals surface area contributed by atoms with E-state index in [1.54, 1.807) is 26.0 Å². The molecule has 2 N–H and O–H groups in total. The first-order valence-electron chi connectivity index (χ1n) is 14.0. The Balaban J connectivity index is 1.82. The third-order valence-electron chi connectivity index (χ3n) is 7.42. The number of hydrogen-bond acceptors (Lipinski definition) is 9. The van der Waals surface area contributed by atoms with Crippen molar-refractivity contribution in [2.45, 2.75) is 59.9 Å². The summed E-state index contributed by atoms with van der Waals surface area (Å²) in [5, 5.41) is 21.1. The highest BCUT2D eigenvalue weighted by Crippen LogP contribution is 2.35. The van der Waals surface area contributed by atoms with Crippen LogP contribution in [-0.4, -0.2) is 46.0 Å². The highest BCUT2D eigenvalue weighted by molar-refractivity contribution is 6.01. The Kier molecular flexibility index (Phi) is 10.9. The Hall–Kier alpha value is -4.56. The molecule has 11 nitrogen and oxygen atoms in total.